The molecule has 0 fully saturated rings. The second kappa shape index (κ2) is 7.41. The van der Waals surface area contributed by atoms with Gasteiger partial charge in [0.05, 0.1) is 0 Å². The number of benzene rings is 1. The van der Waals surface area contributed by atoms with E-state index in [-0.39, 0.29) is 23.9 Å². The van der Waals surface area contributed by atoms with E-state index in [1.54, 1.807) is 0 Å². The standard InChI is InChI=1S/C16H27N3O/c1-10(2)13-5-7-14(8-6-13)15(18)9-19-16(20)11(3)12(4)17/h5-8,10-12,15H,9,17-18H2,1-4H3,(H,19,20). The molecule has 0 aliphatic rings. The SMILES string of the molecule is CC(C)c1ccc(C(N)CNC(=O)C(C)C(C)N)cc1. The van der Waals surface area contributed by atoms with Crippen LogP contribution in [0, 0.1) is 5.92 Å². The molecule has 0 spiro atoms. The maximum Gasteiger partial charge on any atom is 0.224 e. The van der Waals surface area contributed by atoms with Gasteiger partial charge in [0.1, 0.15) is 0 Å². The largest absolute Gasteiger partial charge is 0.354 e. The highest BCUT2D eigenvalue weighted by atomic mass is 16.1. The first-order chi connectivity index (χ1) is 9.32. The van der Waals surface area contributed by atoms with Crippen molar-refractivity contribution >= 4 is 5.91 Å². The molecule has 112 valence electrons. The minimum atomic E-state index is -0.203. The van der Waals surface area contributed by atoms with Crippen molar-refractivity contribution in [3.63, 3.8) is 0 Å². The lowest BCUT2D eigenvalue weighted by atomic mass is 9.99. The minimum Gasteiger partial charge on any atom is -0.354 e. The Balaban J connectivity index is 2.54. The number of carbonyl (C=O) groups is 1. The Hall–Kier alpha value is -1.39. The molecule has 1 aromatic carbocycles. The van der Waals surface area contributed by atoms with Crippen molar-refractivity contribution in [2.45, 2.75) is 45.7 Å². The van der Waals surface area contributed by atoms with Crippen LogP contribution in [0.3, 0.4) is 0 Å². The van der Waals surface area contributed by atoms with Gasteiger partial charge in [-0.2, -0.15) is 0 Å². The number of nitrogens with two attached hydrogens (primary N) is 2. The molecule has 0 aliphatic heterocycles. The van der Waals surface area contributed by atoms with Crippen LogP contribution in [0.4, 0.5) is 0 Å². The fraction of sp³-hybridized carbons (Fsp3) is 0.562. The van der Waals surface area contributed by atoms with Crippen LogP contribution in [0.25, 0.3) is 0 Å². The van der Waals surface area contributed by atoms with Crippen molar-refractivity contribution in [1.82, 2.24) is 5.32 Å². The van der Waals surface area contributed by atoms with E-state index >= 15 is 0 Å². The quantitative estimate of drug-likeness (QED) is 0.743. The fourth-order valence-electron chi connectivity index (χ4n) is 1.86. The van der Waals surface area contributed by atoms with Crippen LogP contribution in [-0.2, 0) is 4.79 Å². The first kappa shape index (κ1) is 16.7. The summed E-state index contributed by atoms with van der Waals surface area (Å²) in [5, 5.41) is 2.86. The molecule has 0 bridgehead atoms. The molecule has 5 N–H and O–H groups in total. The summed E-state index contributed by atoms with van der Waals surface area (Å²) in [4.78, 5) is 11.8. The average molecular weight is 277 g/mol. The van der Waals surface area contributed by atoms with E-state index in [2.05, 4.69) is 31.3 Å². The van der Waals surface area contributed by atoms with Crippen molar-refractivity contribution in [3.05, 3.63) is 35.4 Å². The summed E-state index contributed by atoms with van der Waals surface area (Å²) in [6, 6.07) is 7.89. The van der Waals surface area contributed by atoms with Gasteiger partial charge in [0.25, 0.3) is 0 Å². The van der Waals surface area contributed by atoms with Crippen molar-refractivity contribution in [1.29, 1.82) is 0 Å². The Labute approximate surface area is 121 Å². The van der Waals surface area contributed by atoms with Crippen LogP contribution in [0.2, 0.25) is 0 Å². The third kappa shape index (κ3) is 4.62. The zero-order chi connectivity index (χ0) is 15.3. The molecule has 1 amide bonds. The molecule has 0 aromatic heterocycles. The van der Waals surface area contributed by atoms with E-state index in [1.165, 1.54) is 5.56 Å². The van der Waals surface area contributed by atoms with Gasteiger partial charge in [-0.15, -0.1) is 0 Å². The smallest absolute Gasteiger partial charge is 0.224 e. The summed E-state index contributed by atoms with van der Waals surface area (Å²) >= 11 is 0. The van der Waals surface area contributed by atoms with Crippen LogP contribution in [0.15, 0.2) is 24.3 Å². The van der Waals surface area contributed by atoms with Gasteiger partial charge in [0.2, 0.25) is 5.91 Å². The molecule has 0 saturated heterocycles. The van der Waals surface area contributed by atoms with E-state index in [9.17, 15) is 4.79 Å². The Morgan fingerprint density at radius 3 is 2.00 bits per heavy atom. The lowest BCUT2D eigenvalue weighted by molar-refractivity contribution is -0.125. The molecule has 4 heteroatoms. The molecule has 0 saturated carbocycles. The highest BCUT2D eigenvalue weighted by molar-refractivity contribution is 5.78. The normalized spacial score (nSPS) is 15.8. The van der Waals surface area contributed by atoms with Crippen molar-refractivity contribution < 1.29 is 4.79 Å². The Kier molecular flexibility index (Phi) is 6.17. The molecule has 20 heavy (non-hydrogen) atoms. The number of hydrogen-bond donors (Lipinski definition) is 3. The Morgan fingerprint density at radius 2 is 1.55 bits per heavy atom. The summed E-state index contributed by atoms with van der Waals surface area (Å²) in [5.74, 6) is 0.256. The lowest BCUT2D eigenvalue weighted by Crippen LogP contribution is -2.41. The fourth-order valence-corrected chi connectivity index (χ4v) is 1.86. The van der Waals surface area contributed by atoms with E-state index in [0.29, 0.717) is 12.5 Å². The lowest BCUT2D eigenvalue weighted by Gasteiger charge is -2.18. The average Bonchev–Trinajstić information content (AvgIpc) is 2.43. The molecular formula is C16H27N3O. The third-order valence-corrected chi connectivity index (χ3v) is 3.73. The topological polar surface area (TPSA) is 81.1 Å². The maximum absolute atomic E-state index is 11.8. The van der Waals surface area contributed by atoms with Crippen LogP contribution in [-0.4, -0.2) is 18.5 Å². The van der Waals surface area contributed by atoms with Gasteiger partial charge in [-0.1, -0.05) is 45.0 Å². The summed E-state index contributed by atoms with van der Waals surface area (Å²) in [5.41, 5.74) is 14.1. The highest BCUT2D eigenvalue weighted by Gasteiger charge is 2.17. The molecule has 3 unspecified atom stereocenters. The number of amides is 1. The number of hydrogen-bond acceptors (Lipinski definition) is 3. The molecule has 0 radical (unpaired) electrons. The zero-order valence-electron chi connectivity index (χ0n) is 12.9. The van der Waals surface area contributed by atoms with Crippen molar-refractivity contribution in [2.75, 3.05) is 6.54 Å². The van der Waals surface area contributed by atoms with Crippen LogP contribution in [0.5, 0.6) is 0 Å². The molecule has 1 rings (SSSR count). The number of rotatable bonds is 6. The molecular weight excluding hydrogens is 250 g/mol. The summed E-state index contributed by atoms with van der Waals surface area (Å²) in [6.45, 7) is 8.39. The minimum absolute atomic E-state index is 0.0470. The van der Waals surface area contributed by atoms with E-state index in [1.807, 2.05) is 26.0 Å². The predicted molar refractivity (Wildman–Crippen MR) is 83.3 cm³/mol. The molecule has 4 nitrogen and oxygen atoms in total. The second-order valence-corrected chi connectivity index (χ2v) is 5.82. The first-order valence-electron chi connectivity index (χ1n) is 7.21. The summed E-state index contributed by atoms with van der Waals surface area (Å²) in [6.07, 6.45) is 0. The van der Waals surface area contributed by atoms with E-state index in [0.717, 1.165) is 5.56 Å². The van der Waals surface area contributed by atoms with Gasteiger partial charge in [0.15, 0.2) is 0 Å². The molecule has 1 aromatic rings. The Bertz CT molecular complexity index is 426. The van der Waals surface area contributed by atoms with Gasteiger partial charge in [-0.05, 0) is 24.0 Å². The van der Waals surface area contributed by atoms with Crippen molar-refractivity contribution in [2.24, 2.45) is 17.4 Å². The Morgan fingerprint density at radius 1 is 1.05 bits per heavy atom. The van der Waals surface area contributed by atoms with Gasteiger partial charge in [0, 0.05) is 24.5 Å². The molecule has 0 aliphatic carbocycles. The van der Waals surface area contributed by atoms with Gasteiger partial charge in [-0.3, -0.25) is 4.79 Å². The van der Waals surface area contributed by atoms with Crippen LogP contribution in [0.1, 0.15) is 50.8 Å². The summed E-state index contributed by atoms with van der Waals surface area (Å²) in [7, 11) is 0. The van der Waals surface area contributed by atoms with Gasteiger partial charge < -0.3 is 16.8 Å². The van der Waals surface area contributed by atoms with Gasteiger partial charge >= 0.3 is 0 Å². The second-order valence-electron chi connectivity index (χ2n) is 5.82. The molecule has 0 heterocycles. The van der Waals surface area contributed by atoms with E-state index < -0.39 is 0 Å². The zero-order valence-corrected chi connectivity index (χ0v) is 12.9. The third-order valence-electron chi connectivity index (χ3n) is 3.73. The van der Waals surface area contributed by atoms with Crippen LogP contribution < -0.4 is 16.8 Å². The number of carbonyl (C=O) groups excluding carboxylic acids is 1. The number of nitrogens with one attached hydrogen (secondary N) is 1. The van der Waals surface area contributed by atoms with Crippen LogP contribution >= 0.6 is 0 Å². The highest BCUT2D eigenvalue weighted by Crippen LogP contribution is 2.17. The van der Waals surface area contributed by atoms with Gasteiger partial charge in [-0.25, -0.2) is 0 Å². The van der Waals surface area contributed by atoms with E-state index in [4.69, 9.17) is 11.5 Å². The first-order valence-corrected chi connectivity index (χ1v) is 7.21. The molecule has 3 atom stereocenters. The van der Waals surface area contributed by atoms with Crippen molar-refractivity contribution in [3.8, 4) is 0 Å². The maximum atomic E-state index is 11.8. The summed E-state index contributed by atoms with van der Waals surface area (Å²) < 4.78 is 0. The predicted octanol–water partition coefficient (Wildman–Crippen LogP) is 1.91. The monoisotopic (exact) mass is 277 g/mol.